The van der Waals surface area contributed by atoms with Crippen LogP contribution in [0, 0.1) is 0 Å². The van der Waals surface area contributed by atoms with Gasteiger partial charge in [0.25, 0.3) is 0 Å². The van der Waals surface area contributed by atoms with Crippen molar-refractivity contribution in [1.29, 1.82) is 0 Å². The molecular formula is C25H25NO5. The number of nitrogens with one attached hydrogen (secondary N) is 1. The van der Waals surface area contributed by atoms with Crippen LogP contribution in [-0.4, -0.2) is 29.8 Å². The molecular weight excluding hydrogens is 394 g/mol. The van der Waals surface area contributed by atoms with Gasteiger partial charge in [-0.2, -0.15) is 0 Å². The molecule has 1 atom stereocenters. The minimum absolute atomic E-state index is 0.141. The van der Waals surface area contributed by atoms with Crippen molar-refractivity contribution in [2.24, 2.45) is 0 Å². The van der Waals surface area contributed by atoms with E-state index < -0.39 is 18.1 Å². The first-order valence-electron chi connectivity index (χ1n) is 10.1. The number of carbonyl (C=O) groups excluding carboxylic acids is 1. The lowest BCUT2D eigenvalue weighted by molar-refractivity contribution is -0.139. The van der Waals surface area contributed by atoms with Crippen LogP contribution in [-0.2, 0) is 29.0 Å². The highest BCUT2D eigenvalue weighted by Crippen LogP contribution is 2.15. The Morgan fingerprint density at radius 1 is 0.806 bits per heavy atom. The molecule has 3 rings (SSSR count). The number of aliphatic carboxylic acids is 1. The Balaban J connectivity index is 1.46. The average Bonchev–Trinajstić information content (AvgIpc) is 2.79. The third-order valence-corrected chi connectivity index (χ3v) is 4.67. The quantitative estimate of drug-likeness (QED) is 0.514. The zero-order valence-corrected chi connectivity index (χ0v) is 17.1. The van der Waals surface area contributed by atoms with Crippen LogP contribution in [0.5, 0.6) is 5.75 Å². The van der Waals surface area contributed by atoms with Crippen molar-refractivity contribution in [2.45, 2.75) is 25.5 Å². The lowest BCUT2D eigenvalue weighted by atomic mass is 10.1. The summed E-state index contributed by atoms with van der Waals surface area (Å²) in [6.45, 7) is 0.629. The van der Waals surface area contributed by atoms with E-state index in [0.29, 0.717) is 18.8 Å². The molecule has 1 amide bonds. The summed E-state index contributed by atoms with van der Waals surface area (Å²) in [6.07, 6.45) is -0.0374. The van der Waals surface area contributed by atoms with E-state index >= 15 is 0 Å². The van der Waals surface area contributed by atoms with Crippen molar-refractivity contribution in [3.8, 4) is 5.75 Å². The maximum Gasteiger partial charge on any atom is 0.407 e. The topological polar surface area (TPSA) is 84.9 Å². The van der Waals surface area contributed by atoms with Gasteiger partial charge in [-0.15, -0.1) is 0 Å². The minimum atomic E-state index is -1.12. The van der Waals surface area contributed by atoms with Gasteiger partial charge in [-0.1, -0.05) is 72.8 Å². The van der Waals surface area contributed by atoms with Crippen molar-refractivity contribution in [3.63, 3.8) is 0 Å². The third kappa shape index (κ3) is 7.51. The molecule has 0 spiro atoms. The van der Waals surface area contributed by atoms with Crippen LogP contribution in [0.3, 0.4) is 0 Å². The van der Waals surface area contributed by atoms with Crippen LogP contribution >= 0.6 is 0 Å². The summed E-state index contributed by atoms with van der Waals surface area (Å²) in [5.74, 6) is -0.433. The van der Waals surface area contributed by atoms with Crippen LogP contribution < -0.4 is 10.1 Å². The molecule has 3 aromatic carbocycles. The number of rotatable bonds is 10. The third-order valence-electron chi connectivity index (χ3n) is 4.67. The van der Waals surface area contributed by atoms with Gasteiger partial charge in [0.2, 0.25) is 0 Å². The number of benzene rings is 3. The second kappa shape index (κ2) is 11.4. The lowest BCUT2D eigenvalue weighted by Crippen LogP contribution is -2.42. The molecule has 3 aromatic rings. The van der Waals surface area contributed by atoms with Gasteiger partial charge in [-0.3, -0.25) is 0 Å². The Kier molecular flexibility index (Phi) is 8.05. The molecule has 0 bridgehead atoms. The summed E-state index contributed by atoms with van der Waals surface area (Å²) >= 11 is 0. The van der Waals surface area contributed by atoms with Gasteiger partial charge in [0.15, 0.2) is 0 Å². The second-order valence-electron chi connectivity index (χ2n) is 7.03. The molecule has 0 radical (unpaired) electrons. The van der Waals surface area contributed by atoms with Crippen molar-refractivity contribution in [1.82, 2.24) is 5.32 Å². The van der Waals surface area contributed by atoms with E-state index in [-0.39, 0.29) is 13.0 Å². The highest BCUT2D eigenvalue weighted by atomic mass is 16.5. The van der Waals surface area contributed by atoms with Crippen LogP contribution in [0.2, 0.25) is 0 Å². The van der Waals surface area contributed by atoms with E-state index in [1.165, 1.54) is 0 Å². The number of alkyl carbamates (subject to hydrolysis) is 1. The Morgan fingerprint density at radius 2 is 1.42 bits per heavy atom. The maximum atomic E-state index is 12.0. The first-order valence-corrected chi connectivity index (χ1v) is 10.1. The molecule has 0 saturated heterocycles. The van der Waals surface area contributed by atoms with Crippen LogP contribution in [0.25, 0.3) is 0 Å². The molecule has 0 fully saturated rings. The Labute approximate surface area is 181 Å². The number of carboxylic acid groups (broad SMARTS) is 1. The molecule has 0 aliphatic carbocycles. The van der Waals surface area contributed by atoms with Crippen LogP contribution in [0.4, 0.5) is 4.79 Å². The molecule has 0 aromatic heterocycles. The monoisotopic (exact) mass is 419 g/mol. The minimum Gasteiger partial charge on any atom is -0.489 e. The smallest absolute Gasteiger partial charge is 0.407 e. The maximum absolute atomic E-state index is 12.0. The Hall–Kier alpha value is -3.80. The van der Waals surface area contributed by atoms with E-state index in [2.05, 4.69) is 5.32 Å². The van der Waals surface area contributed by atoms with E-state index in [4.69, 9.17) is 9.47 Å². The Morgan fingerprint density at radius 3 is 2.03 bits per heavy atom. The van der Waals surface area contributed by atoms with Gasteiger partial charge in [-0.25, -0.2) is 9.59 Å². The predicted molar refractivity (Wildman–Crippen MR) is 117 cm³/mol. The molecule has 160 valence electrons. The fraction of sp³-hybridized carbons (Fsp3) is 0.200. The molecule has 0 aliphatic heterocycles. The average molecular weight is 419 g/mol. The van der Waals surface area contributed by atoms with Gasteiger partial charge >= 0.3 is 12.1 Å². The first kappa shape index (κ1) is 21.9. The summed E-state index contributed by atoms with van der Waals surface area (Å²) in [6, 6.07) is 25.5. The fourth-order valence-electron chi connectivity index (χ4n) is 2.99. The predicted octanol–water partition coefficient (Wildman–Crippen LogP) is 4.23. The summed E-state index contributed by atoms with van der Waals surface area (Å²) < 4.78 is 10.9. The molecule has 6 heteroatoms. The molecule has 2 N–H and O–H groups in total. The fourth-order valence-corrected chi connectivity index (χ4v) is 2.99. The number of hydrogen-bond donors (Lipinski definition) is 2. The zero-order chi connectivity index (χ0) is 21.9. The van der Waals surface area contributed by atoms with E-state index in [0.717, 1.165) is 16.7 Å². The summed E-state index contributed by atoms with van der Waals surface area (Å²) in [4.78, 5) is 23.6. The van der Waals surface area contributed by atoms with Gasteiger partial charge < -0.3 is 19.9 Å². The van der Waals surface area contributed by atoms with E-state index in [1.807, 2.05) is 60.7 Å². The normalized spacial score (nSPS) is 11.4. The van der Waals surface area contributed by atoms with Crippen molar-refractivity contribution >= 4 is 12.1 Å². The van der Waals surface area contributed by atoms with Crippen LogP contribution in [0.1, 0.15) is 16.7 Å². The first-order chi connectivity index (χ1) is 15.1. The summed E-state index contributed by atoms with van der Waals surface area (Å²) in [7, 11) is 0. The van der Waals surface area contributed by atoms with E-state index in [1.54, 1.807) is 24.3 Å². The molecule has 0 heterocycles. The van der Waals surface area contributed by atoms with Gasteiger partial charge in [-0.05, 0) is 28.8 Å². The van der Waals surface area contributed by atoms with E-state index in [9.17, 15) is 14.7 Å². The standard InChI is InChI=1S/C25H25NO5/c27-24(28)23(26-25(29)30-16-15-19-7-3-1-4-8-19)17-20-11-13-22(14-12-20)31-18-21-9-5-2-6-10-21/h1-14,23H,15-18H2,(H,26,29)(H,27,28). The number of amides is 1. The van der Waals surface area contributed by atoms with Crippen molar-refractivity contribution in [2.75, 3.05) is 6.61 Å². The molecule has 6 nitrogen and oxygen atoms in total. The second-order valence-corrected chi connectivity index (χ2v) is 7.03. The SMILES string of the molecule is O=C(NC(Cc1ccc(OCc2ccccc2)cc1)C(=O)O)OCCc1ccccc1. The number of carbonyl (C=O) groups is 2. The largest absolute Gasteiger partial charge is 0.489 e. The highest BCUT2D eigenvalue weighted by Gasteiger charge is 2.21. The summed E-state index contributed by atoms with van der Waals surface area (Å²) in [5.41, 5.74) is 2.87. The number of carboxylic acids is 1. The van der Waals surface area contributed by atoms with Gasteiger partial charge in [0.1, 0.15) is 18.4 Å². The molecule has 0 saturated carbocycles. The Bertz CT molecular complexity index is 958. The van der Waals surface area contributed by atoms with Crippen molar-refractivity contribution < 1.29 is 24.2 Å². The highest BCUT2D eigenvalue weighted by molar-refractivity contribution is 5.80. The number of hydrogen-bond acceptors (Lipinski definition) is 4. The molecule has 31 heavy (non-hydrogen) atoms. The van der Waals surface area contributed by atoms with Crippen molar-refractivity contribution in [3.05, 3.63) is 102 Å². The van der Waals surface area contributed by atoms with Gasteiger partial charge in [0, 0.05) is 12.8 Å². The lowest BCUT2D eigenvalue weighted by Gasteiger charge is -2.15. The van der Waals surface area contributed by atoms with Gasteiger partial charge in [0.05, 0.1) is 6.61 Å². The zero-order valence-electron chi connectivity index (χ0n) is 17.1. The van der Waals surface area contributed by atoms with Crippen LogP contribution in [0.15, 0.2) is 84.9 Å². The summed E-state index contributed by atoms with van der Waals surface area (Å²) in [5, 5.41) is 11.9. The number of ether oxygens (including phenoxy) is 2. The molecule has 0 aliphatic rings. The molecule has 1 unspecified atom stereocenters.